The highest BCUT2D eigenvalue weighted by Crippen LogP contribution is 2.26. The Hall–Kier alpha value is -2.94. The Labute approximate surface area is 171 Å². The number of amides is 1. The first-order valence-electron chi connectivity index (χ1n) is 9.45. The minimum atomic E-state index is -0.323. The molecule has 8 nitrogen and oxygen atoms in total. The highest BCUT2D eigenvalue weighted by Gasteiger charge is 2.28. The van der Waals surface area contributed by atoms with Crippen LogP contribution in [0.4, 0.5) is 0 Å². The zero-order chi connectivity index (χ0) is 20.4. The van der Waals surface area contributed by atoms with Gasteiger partial charge in [-0.1, -0.05) is 54.2 Å². The summed E-state index contributed by atoms with van der Waals surface area (Å²) in [6.45, 7) is 4.27. The van der Waals surface area contributed by atoms with Gasteiger partial charge < -0.3 is 9.84 Å². The average molecular weight is 411 g/mol. The predicted octanol–water partition coefficient (Wildman–Crippen LogP) is 2.20. The maximum absolute atomic E-state index is 12.7. The van der Waals surface area contributed by atoms with Gasteiger partial charge in [0.05, 0.1) is 12.5 Å². The van der Waals surface area contributed by atoms with Gasteiger partial charge in [0.25, 0.3) is 5.56 Å². The van der Waals surface area contributed by atoms with E-state index in [-0.39, 0.29) is 23.9 Å². The number of fused-ring (bicyclic) bond motifs is 1. The van der Waals surface area contributed by atoms with E-state index in [1.165, 1.54) is 11.8 Å². The van der Waals surface area contributed by atoms with Crippen molar-refractivity contribution in [2.75, 3.05) is 5.75 Å². The van der Waals surface area contributed by atoms with Crippen LogP contribution in [0.2, 0.25) is 0 Å². The van der Waals surface area contributed by atoms with Gasteiger partial charge in [0, 0.05) is 29.1 Å². The molecule has 0 aliphatic carbocycles. The molecule has 29 heavy (non-hydrogen) atoms. The van der Waals surface area contributed by atoms with Gasteiger partial charge in [0.15, 0.2) is 5.16 Å². The molecule has 2 aromatic heterocycles. The normalized spacial score (nSPS) is 15.7. The summed E-state index contributed by atoms with van der Waals surface area (Å²) in [5, 5.41) is 7.47. The number of hydrogen-bond donors (Lipinski definition) is 1. The van der Waals surface area contributed by atoms with E-state index >= 15 is 0 Å². The van der Waals surface area contributed by atoms with Crippen molar-refractivity contribution >= 4 is 17.7 Å². The Balaban J connectivity index is 1.42. The summed E-state index contributed by atoms with van der Waals surface area (Å²) in [6.07, 6.45) is 0.625. The average Bonchev–Trinajstić information content (AvgIpc) is 3.22. The van der Waals surface area contributed by atoms with Gasteiger partial charge >= 0.3 is 0 Å². The first-order chi connectivity index (χ1) is 14.1. The van der Waals surface area contributed by atoms with Crippen molar-refractivity contribution in [1.29, 1.82) is 0 Å². The number of thioether (sulfide) groups is 1. The molecule has 0 saturated carbocycles. The van der Waals surface area contributed by atoms with Crippen LogP contribution < -0.4 is 10.9 Å². The molecule has 9 heteroatoms. The van der Waals surface area contributed by atoms with E-state index < -0.39 is 0 Å². The number of benzene rings is 1. The van der Waals surface area contributed by atoms with Crippen molar-refractivity contribution in [3.05, 3.63) is 57.8 Å². The van der Waals surface area contributed by atoms with Crippen molar-refractivity contribution in [1.82, 2.24) is 25.0 Å². The fraction of sp³-hybridized carbons (Fsp3) is 0.350. The molecule has 0 fully saturated rings. The third-order valence-electron chi connectivity index (χ3n) is 4.89. The molecule has 1 amide bonds. The van der Waals surface area contributed by atoms with E-state index in [1.807, 2.05) is 44.2 Å². The van der Waals surface area contributed by atoms with Crippen LogP contribution in [-0.4, -0.2) is 31.4 Å². The van der Waals surface area contributed by atoms with Gasteiger partial charge in [0.2, 0.25) is 17.6 Å². The molecule has 0 spiro atoms. The fourth-order valence-corrected chi connectivity index (χ4v) is 4.42. The lowest BCUT2D eigenvalue weighted by atomic mass is 10.1. The van der Waals surface area contributed by atoms with E-state index in [0.29, 0.717) is 41.2 Å². The third kappa shape index (κ3) is 3.95. The molecular formula is C20H21N5O3S. The van der Waals surface area contributed by atoms with Gasteiger partial charge in [-0.25, -0.2) is 4.98 Å². The minimum absolute atomic E-state index is 0.0515. The van der Waals surface area contributed by atoms with E-state index in [2.05, 4.69) is 20.4 Å². The smallest absolute Gasteiger partial charge is 0.257 e. The van der Waals surface area contributed by atoms with Gasteiger partial charge in [-0.2, -0.15) is 4.98 Å². The van der Waals surface area contributed by atoms with Crippen LogP contribution in [0.15, 0.2) is 44.8 Å². The molecule has 4 rings (SSSR count). The van der Waals surface area contributed by atoms with Crippen LogP contribution >= 0.6 is 11.8 Å². The second-order valence-electron chi connectivity index (χ2n) is 6.83. The second-order valence-corrected chi connectivity index (χ2v) is 7.82. The van der Waals surface area contributed by atoms with E-state index in [4.69, 9.17) is 4.52 Å². The fourth-order valence-electron chi connectivity index (χ4n) is 3.30. The van der Waals surface area contributed by atoms with Gasteiger partial charge in [-0.3, -0.25) is 14.2 Å². The molecule has 150 valence electrons. The third-order valence-corrected chi connectivity index (χ3v) is 6.03. The lowest BCUT2D eigenvalue weighted by Crippen LogP contribution is -2.40. The van der Waals surface area contributed by atoms with Crippen LogP contribution in [0.1, 0.15) is 24.1 Å². The molecule has 1 aromatic carbocycles. The summed E-state index contributed by atoms with van der Waals surface area (Å²) < 4.78 is 6.84. The maximum Gasteiger partial charge on any atom is 0.257 e. The number of aryl methyl sites for hydroxylation is 1. The summed E-state index contributed by atoms with van der Waals surface area (Å²) in [5.74, 6) is 0.924. The van der Waals surface area contributed by atoms with E-state index in [9.17, 15) is 9.59 Å². The first kappa shape index (κ1) is 19.4. The Kier molecular flexibility index (Phi) is 5.48. The summed E-state index contributed by atoms with van der Waals surface area (Å²) in [7, 11) is 0. The van der Waals surface area contributed by atoms with Crippen molar-refractivity contribution in [3.63, 3.8) is 0 Å². The Morgan fingerprint density at radius 2 is 2.10 bits per heavy atom. The maximum atomic E-state index is 12.7. The largest absolute Gasteiger partial charge is 0.347 e. The number of nitrogens with zero attached hydrogens (tertiary/aromatic N) is 4. The van der Waals surface area contributed by atoms with Crippen LogP contribution in [0.25, 0.3) is 11.4 Å². The van der Waals surface area contributed by atoms with Crippen LogP contribution in [0, 0.1) is 12.8 Å². The van der Waals surface area contributed by atoms with E-state index in [1.54, 1.807) is 4.57 Å². The molecule has 3 heterocycles. The highest BCUT2D eigenvalue weighted by molar-refractivity contribution is 7.99. The van der Waals surface area contributed by atoms with Gasteiger partial charge in [0.1, 0.15) is 0 Å². The lowest BCUT2D eigenvalue weighted by molar-refractivity contribution is -0.125. The molecule has 1 atom stereocenters. The summed E-state index contributed by atoms with van der Waals surface area (Å²) in [4.78, 5) is 34.2. The Morgan fingerprint density at radius 3 is 2.86 bits per heavy atom. The Morgan fingerprint density at radius 1 is 1.31 bits per heavy atom. The standard InChI is InChI=1S/C20H21N5O3S/c1-3-15-12(2)22-20-25(19(15)27)10-14(11-29-20)18(26)21-9-16-23-17(24-28-16)13-7-5-4-6-8-13/h4-8,14H,3,9-11H2,1-2H3,(H,21,26)/t14-/m0/s1. The summed E-state index contributed by atoms with van der Waals surface area (Å²) >= 11 is 1.44. The monoisotopic (exact) mass is 411 g/mol. The number of carbonyl (C=O) groups is 1. The molecule has 0 bridgehead atoms. The molecule has 0 saturated heterocycles. The quantitative estimate of drug-likeness (QED) is 0.642. The summed E-state index contributed by atoms with van der Waals surface area (Å²) in [5.41, 5.74) is 2.27. The second kappa shape index (κ2) is 8.20. The molecular weight excluding hydrogens is 390 g/mol. The van der Waals surface area contributed by atoms with Crippen molar-refractivity contribution in [2.24, 2.45) is 5.92 Å². The van der Waals surface area contributed by atoms with Crippen molar-refractivity contribution in [3.8, 4) is 11.4 Å². The van der Waals surface area contributed by atoms with E-state index in [0.717, 1.165) is 11.3 Å². The molecule has 1 N–H and O–H groups in total. The number of aromatic nitrogens is 4. The molecule has 1 aliphatic rings. The molecule has 1 aliphatic heterocycles. The number of carbonyl (C=O) groups excluding carboxylic acids is 1. The lowest BCUT2D eigenvalue weighted by Gasteiger charge is -2.25. The zero-order valence-electron chi connectivity index (χ0n) is 16.2. The zero-order valence-corrected chi connectivity index (χ0v) is 17.0. The molecule has 3 aromatic rings. The highest BCUT2D eigenvalue weighted by atomic mass is 32.2. The first-order valence-corrected chi connectivity index (χ1v) is 10.4. The van der Waals surface area contributed by atoms with Crippen LogP contribution in [-0.2, 0) is 24.3 Å². The SMILES string of the molecule is CCc1c(C)nc2n(c1=O)C[C@H](C(=O)NCc1nc(-c3ccccc3)no1)CS2. The molecule has 0 unspecified atom stereocenters. The molecule has 0 radical (unpaired) electrons. The van der Waals surface area contributed by atoms with Crippen LogP contribution in [0.5, 0.6) is 0 Å². The number of hydrogen-bond acceptors (Lipinski definition) is 7. The van der Waals surface area contributed by atoms with Gasteiger partial charge in [-0.05, 0) is 13.3 Å². The van der Waals surface area contributed by atoms with Crippen molar-refractivity contribution in [2.45, 2.75) is 38.5 Å². The number of rotatable bonds is 5. The number of nitrogens with one attached hydrogen (secondary N) is 1. The predicted molar refractivity (Wildman–Crippen MR) is 108 cm³/mol. The minimum Gasteiger partial charge on any atom is -0.347 e. The topological polar surface area (TPSA) is 103 Å². The Bertz CT molecular complexity index is 1090. The van der Waals surface area contributed by atoms with Crippen molar-refractivity contribution < 1.29 is 9.32 Å². The van der Waals surface area contributed by atoms with Crippen LogP contribution in [0.3, 0.4) is 0 Å². The van der Waals surface area contributed by atoms with Gasteiger partial charge in [-0.15, -0.1) is 0 Å². The summed E-state index contributed by atoms with van der Waals surface area (Å²) in [6, 6.07) is 9.49.